The van der Waals surface area contributed by atoms with Crippen LogP contribution in [0.1, 0.15) is 18.1 Å². The molecule has 1 saturated heterocycles. The molecule has 0 saturated carbocycles. The van der Waals surface area contributed by atoms with E-state index < -0.39 is 0 Å². The van der Waals surface area contributed by atoms with Crippen LogP contribution in [-0.2, 0) is 11.3 Å². The molecule has 0 spiro atoms. The second-order valence-electron chi connectivity index (χ2n) is 5.52. The number of ether oxygens (including phenoxy) is 1. The van der Waals surface area contributed by atoms with Crippen molar-refractivity contribution in [3.05, 3.63) is 63.0 Å². The second-order valence-corrected chi connectivity index (χ2v) is 7.37. The van der Waals surface area contributed by atoms with Crippen LogP contribution in [0.2, 0.25) is 0 Å². The molecule has 1 heterocycles. The first-order chi connectivity index (χ1) is 12.5. The summed E-state index contributed by atoms with van der Waals surface area (Å²) in [7, 11) is 0. The van der Waals surface area contributed by atoms with Crippen molar-refractivity contribution in [1.29, 1.82) is 0 Å². The third kappa shape index (κ3) is 3.94. The van der Waals surface area contributed by atoms with Crippen molar-refractivity contribution in [1.82, 2.24) is 4.90 Å². The van der Waals surface area contributed by atoms with E-state index in [-0.39, 0.29) is 23.4 Å². The van der Waals surface area contributed by atoms with Crippen LogP contribution in [0.3, 0.4) is 0 Å². The Morgan fingerprint density at radius 2 is 2.00 bits per heavy atom. The molecule has 5 nitrogen and oxygen atoms in total. The summed E-state index contributed by atoms with van der Waals surface area (Å²) in [5.74, 6) is 0.0431. The molecule has 7 heteroatoms. The Balaban J connectivity index is 1.83. The molecule has 134 valence electrons. The molecule has 2 aromatic rings. The first-order valence-corrected chi connectivity index (χ1v) is 9.55. The Labute approximate surface area is 163 Å². The number of phenols is 1. The van der Waals surface area contributed by atoms with E-state index in [1.54, 1.807) is 18.2 Å². The number of halogens is 1. The van der Waals surface area contributed by atoms with Gasteiger partial charge < -0.3 is 9.84 Å². The van der Waals surface area contributed by atoms with Crippen molar-refractivity contribution in [2.24, 2.45) is 0 Å². The minimum absolute atomic E-state index is 0.0334. The maximum atomic E-state index is 12.6. The summed E-state index contributed by atoms with van der Waals surface area (Å²) in [6, 6.07) is 12.3. The first-order valence-electron chi connectivity index (χ1n) is 7.94. The first kappa shape index (κ1) is 18.5. The summed E-state index contributed by atoms with van der Waals surface area (Å²) >= 11 is 4.34. The quantitative estimate of drug-likeness (QED) is 0.686. The number of thioether (sulfide) groups is 1. The summed E-state index contributed by atoms with van der Waals surface area (Å²) in [5.41, 5.74) is 1.54. The van der Waals surface area contributed by atoms with Gasteiger partial charge in [0.2, 0.25) is 0 Å². The highest BCUT2D eigenvalue weighted by molar-refractivity contribution is 9.10. The van der Waals surface area contributed by atoms with Gasteiger partial charge in [-0.15, -0.1) is 0 Å². The zero-order valence-corrected chi connectivity index (χ0v) is 16.3. The van der Waals surface area contributed by atoms with Crippen LogP contribution in [0.25, 0.3) is 6.08 Å². The molecule has 26 heavy (non-hydrogen) atoms. The smallest absolute Gasteiger partial charge is 0.293 e. The number of rotatable bonds is 5. The molecule has 3 rings (SSSR count). The maximum absolute atomic E-state index is 12.6. The summed E-state index contributed by atoms with van der Waals surface area (Å²) < 4.78 is 6.20. The van der Waals surface area contributed by atoms with Gasteiger partial charge in [-0.25, -0.2) is 0 Å². The molecule has 0 unspecified atom stereocenters. The molecule has 0 radical (unpaired) electrons. The SMILES string of the molecule is CCOc1cc(/C=C2\SC(=O)N(Cc3ccccc3Br)C2=O)ccc1O. The predicted octanol–water partition coefficient (Wildman–Crippen LogP) is 4.79. The minimum atomic E-state index is -0.332. The molecule has 0 bridgehead atoms. The van der Waals surface area contributed by atoms with Crippen LogP contribution in [0.5, 0.6) is 11.5 Å². The molecule has 1 fully saturated rings. The minimum Gasteiger partial charge on any atom is -0.504 e. The Morgan fingerprint density at radius 3 is 2.73 bits per heavy atom. The number of benzene rings is 2. The van der Waals surface area contributed by atoms with Gasteiger partial charge in [-0.05, 0) is 54.1 Å². The Hall–Kier alpha value is -2.25. The molecular weight excluding hydrogens is 418 g/mol. The molecule has 0 aliphatic carbocycles. The lowest BCUT2D eigenvalue weighted by Crippen LogP contribution is -2.27. The highest BCUT2D eigenvalue weighted by Crippen LogP contribution is 2.35. The van der Waals surface area contributed by atoms with Gasteiger partial charge >= 0.3 is 0 Å². The monoisotopic (exact) mass is 433 g/mol. The summed E-state index contributed by atoms with van der Waals surface area (Å²) in [5, 5.41) is 9.46. The van der Waals surface area contributed by atoms with Crippen LogP contribution in [0.15, 0.2) is 51.8 Å². The van der Waals surface area contributed by atoms with E-state index in [1.165, 1.54) is 11.0 Å². The number of hydrogen-bond donors (Lipinski definition) is 1. The second kappa shape index (κ2) is 7.97. The maximum Gasteiger partial charge on any atom is 0.293 e. The van der Waals surface area contributed by atoms with Gasteiger partial charge in [-0.1, -0.05) is 40.2 Å². The van der Waals surface area contributed by atoms with E-state index in [9.17, 15) is 14.7 Å². The van der Waals surface area contributed by atoms with Crippen LogP contribution >= 0.6 is 27.7 Å². The van der Waals surface area contributed by atoms with Crippen LogP contribution in [0.4, 0.5) is 4.79 Å². The van der Waals surface area contributed by atoms with Gasteiger partial charge in [0.15, 0.2) is 11.5 Å². The average molecular weight is 434 g/mol. The number of carbonyl (C=O) groups excluding carboxylic acids is 2. The number of nitrogens with zero attached hydrogens (tertiary/aromatic N) is 1. The van der Waals surface area contributed by atoms with Gasteiger partial charge in [0.1, 0.15) is 0 Å². The lowest BCUT2D eigenvalue weighted by Gasteiger charge is -2.13. The topological polar surface area (TPSA) is 66.8 Å². The molecule has 2 aromatic carbocycles. The zero-order chi connectivity index (χ0) is 18.7. The van der Waals surface area contributed by atoms with Crippen LogP contribution < -0.4 is 4.74 Å². The third-order valence-corrected chi connectivity index (χ3v) is 5.42. The number of aromatic hydroxyl groups is 1. The average Bonchev–Trinajstić information content (AvgIpc) is 2.87. The normalized spacial score (nSPS) is 15.8. The van der Waals surface area contributed by atoms with E-state index in [4.69, 9.17) is 4.74 Å². The lowest BCUT2D eigenvalue weighted by molar-refractivity contribution is -0.123. The van der Waals surface area contributed by atoms with Crippen molar-refractivity contribution in [2.45, 2.75) is 13.5 Å². The van der Waals surface area contributed by atoms with E-state index in [0.717, 1.165) is 21.8 Å². The van der Waals surface area contributed by atoms with Crippen molar-refractivity contribution < 1.29 is 19.4 Å². The Morgan fingerprint density at radius 1 is 1.23 bits per heavy atom. The van der Waals surface area contributed by atoms with Gasteiger partial charge in [0.25, 0.3) is 11.1 Å². The highest BCUT2D eigenvalue weighted by Gasteiger charge is 2.35. The van der Waals surface area contributed by atoms with E-state index in [2.05, 4.69) is 15.9 Å². The number of phenolic OH excluding ortho intramolecular Hbond substituents is 1. The summed E-state index contributed by atoms with van der Waals surface area (Å²) in [6.45, 7) is 2.45. The Kier molecular flexibility index (Phi) is 5.68. The fraction of sp³-hybridized carbons (Fsp3) is 0.158. The van der Waals surface area contributed by atoms with Crippen molar-refractivity contribution >= 4 is 44.9 Å². The summed E-state index contributed by atoms with van der Waals surface area (Å²) in [6.07, 6.45) is 1.63. The largest absolute Gasteiger partial charge is 0.504 e. The van der Waals surface area contributed by atoms with Gasteiger partial charge in [-0.2, -0.15) is 0 Å². The van der Waals surface area contributed by atoms with E-state index in [0.29, 0.717) is 22.8 Å². The van der Waals surface area contributed by atoms with Gasteiger partial charge in [-0.3, -0.25) is 14.5 Å². The Bertz CT molecular complexity index is 897. The van der Waals surface area contributed by atoms with Crippen molar-refractivity contribution in [3.8, 4) is 11.5 Å². The zero-order valence-electron chi connectivity index (χ0n) is 13.9. The van der Waals surface area contributed by atoms with E-state index in [1.807, 2.05) is 31.2 Å². The van der Waals surface area contributed by atoms with Gasteiger partial charge in [0.05, 0.1) is 18.1 Å². The van der Waals surface area contributed by atoms with E-state index >= 15 is 0 Å². The molecule has 1 aliphatic rings. The fourth-order valence-corrected chi connectivity index (χ4v) is 3.72. The summed E-state index contributed by atoms with van der Waals surface area (Å²) in [4.78, 5) is 26.5. The standard InChI is InChI=1S/C19H16BrNO4S/c1-2-25-16-9-12(7-8-15(16)22)10-17-18(23)21(19(24)26-17)11-13-5-3-4-6-14(13)20/h3-10,22H,2,11H2,1H3/b17-10-. The number of amides is 2. The lowest BCUT2D eigenvalue weighted by atomic mass is 10.1. The number of imide groups is 1. The van der Waals surface area contributed by atoms with Crippen molar-refractivity contribution in [3.63, 3.8) is 0 Å². The predicted molar refractivity (Wildman–Crippen MR) is 105 cm³/mol. The number of carbonyl (C=O) groups is 2. The molecule has 0 atom stereocenters. The molecule has 1 N–H and O–H groups in total. The molecule has 0 aromatic heterocycles. The van der Waals surface area contributed by atoms with Crippen molar-refractivity contribution in [2.75, 3.05) is 6.61 Å². The van der Waals surface area contributed by atoms with Crippen LogP contribution in [0, 0.1) is 0 Å². The highest BCUT2D eigenvalue weighted by atomic mass is 79.9. The van der Waals surface area contributed by atoms with Gasteiger partial charge in [0, 0.05) is 4.47 Å². The fourth-order valence-electron chi connectivity index (χ4n) is 2.48. The molecular formula is C19H16BrNO4S. The third-order valence-electron chi connectivity index (χ3n) is 3.74. The molecule has 2 amide bonds. The van der Waals surface area contributed by atoms with Crippen LogP contribution in [-0.4, -0.2) is 27.8 Å². The number of hydrogen-bond acceptors (Lipinski definition) is 5. The molecule has 1 aliphatic heterocycles.